The van der Waals surface area contributed by atoms with Gasteiger partial charge in [-0.05, 0) is 48.5 Å². The van der Waals surface area contributed by atoms with Crippen molar-refractivity contribution in [2.24, 2.45) is 17.4 Å². The van der Waals surface area contributed by atoms with Crippen LogP contribution in [0, 0.1) is 5.92 Å². The molecule has 9 N–H and O–H groups in total. The molecule has 206 valence electrons. The third kappa shape index (κ3) is 12.0. The van der Waals surface area contributed by atoms with Crippen molar-refractivity contribution in [1.29, 1.82) is 0 Å². The van der Waals surface area contributed by atoms with Gasteiger partial charge in [0.15, 0.2) is 0 Å². The van der Waals surface area contributed by atoms with Gasteiger partial charge in [-0.3, -0.25) is 19.2 Å². The molecule has 0 saturated heterocycles. The smallest absolute Gasteiger partial charge is 0.326 e. The first-order valence-electron chi connectivity index (χ1n) is 11.8. The maximum absolute atomic E-state index is 13.0. The van der Waals surface area contributed by atoms with Gasteiger partial charge in [0, 0.05) is 6.42 Å². The summed E-state index contributed by atoms with van der Waals surface area (Å²) in [5.41, 5.74) is 11.7. The van der Waals surface area contributed by atoms with E-state index in [1.807, 2.05) is 13.8 Å². The Hall–Kier alpha value is -3.32. The van der Waals surface area contributed by atoms with Crippen LogP contribution in [-0.4, -0.2) is 76.0 Å². The summed E-state index contributed by atoms with van der Waals surface area (Å²) >= 11 is 1.41. The largest absolute Gasteiger partial charge is 0.508 e. The third-order valence-electron chi connectivity index (χ3n) is 5.33. The molecule has 4 atom stereocenters. The number of phenols is 1. The standard InChI is InChI=1S/C24H37N5O7S/c1-13(2)10-16(25)21(32)28-18(12-20(26)31)23(34)27-17(8-9-37-3)22(33)29-19(24(35)36)11-14-4-6-15(30)7-5-14/h4-7,13,16-19,30H,8-12,25H2,1-3H3,(H2,26,31)(H,27,34)(H,28,32)(H,29,33)(H,35,36). The van der Waals surface area contributed by atoms with Crippen LogP contribution in [0.25, 0.3) is 0 Å². The van der Waals surface area contributed by atoms with Crippen molar-refractivity contribution in [2.45, 2.75) is 63.7 Å². The molecule has 0 heterocycles. The van der Waals surface area contributed by atoms with E-state index < -0.39 is 60.2 Å². The molecular weight excluding hydrogens is 502 g/mol. The number of carbonyl (C=O) groups is 5. The summed E-state index contributed by atoms with van der Waals surface area (Å²) in [5.74, 6) is -3.74. The minimum atomic E-state index is -1.36. The number of primary amides is 1. The number of rotatable bonds is 16. The Kier molecular flexibility index (Phi) is 13.5. The number of hydrogen-bond donors (Lipinski definition) is 7. The van der Waals surface area contributed by atoms with Crippen molar-refractivity contribution in [3.8, 4) is 5.75 Å². The van der Waals surface area contributed by atoms with Gasteiger partial charge >= 0.3 is 5.97 Å². The van der Waals surface area contributed by atoms with Crippen molar-refractivity contribution in [1.82, 2.24) is 16.0 Å². The SMILES string of the molecule is CSCCC(NC(=O)C(CC(N)=O)NC(=O)C(N)CC(C)C)C(=O)NC(Cc1ccc(O)cc1)C(=O)O. The zero-order valence-electron chi connectivity index (χ0n) is 21.2. The van der Waals surface area contributed by atoms with E-state index >= 15 is 0 Å². The molecule has 0 aliphatic carbocycles. The Morgan fingerprint density at radius 1 is 0.919 bits per heavy atom. The summed E-state index contributed by atoms with van der Waals surface area (Å²) in [7, 11) is 0. The van der Waals surface area contributed by atoms with Crippen LogP contribution >= 0.6 is 11.8 Å². The lowest BCUT2D eigenvalue weighted by Gasteiger charge is -2.25. The summed E-state index contributed by atoms with van der Waals surface area (Å²) in [6, 6.07) is 1.15. The summed E-state index contributed by atoms with van der Waals surface area (Å²) in [4.78, 5) is 61.8. The lowest BCUT2D eigenvalue weighted by atomic mass is 10.0. The summed E-state index contributed by atoms with van der Waals surface area (Å²) in [5, 5.41) is 26.4. The molecule has 13 heteroatoms. The van der Waals surface area contributed by atoms with E-state index in [0.717, 1.165) is 0 Å². The average Bonchev–Trinajstić information content (AvgIpc) is 2.81. The number of hydrogen-bond acceptors (Lipinski definition) is 8. The number of thioether (sulfide) groups is 1. The first-order valence-corrected chi connectivity index (χ1v) is 13.2. The van der Waals surface area contributed by atoms with Gasteiger partial charge in [0.2, 0.25) is 23.6 Å². The molecule has 0 radical (unpaired) electrons. The number of aromatic hydroxyl groups is 1. The van der Waals surface area contributed by atoms with E-state index in [4.69, 9.17) is 11.5 Å². The van der Waals surface area contributed by atoms with E-state index in [-0.39, 0.29) is 24.5 Å². The second-order valence-electron chi connectivity index (χ2n) is 9.08. The molecule has 4 unspecified atom stereocenters. The van der Waals surface area contributed by atoms with Crippen LogP contribution in [0.4, 0.5) is 0 Å². The second kappa shape index (κ2) is 15.7. The molecule has 0 spiro atoms. The number of amides is 4. The zero-order chi connectivity index (χ0) is 28.1. The molecule has 0 aliphatic rings. The van der Waals surface area contributed by atoms with Gasteiger partial charge in [0.1, 0.15) is 23.9 Å². The van der Waals surface area contributed by atoms with Crippen molar-refractivity contribution in [3.63, 3.8) is 0 Å². The number of aliphatic carboxylic acids is 1. The minimum Gasteiger partial charge on any atom is -0.508 e. The fourth-order valence-electron chi connectivity index (χ4n) is 3.42. The lowest BCUT2D eigenvalue weighted by Crippen LogP contribution is -2.58. The van der Waals surface area contributed by atoms with Crippen LogP contribution in [0.5, 0.6) is 5.75 Å². The highest BCUT2D eigenvalue weighted by atomic mass is 32.2. The van der Waals surface area contributed by atoms with E-state index in [2.05, 4.69) is 16.0 Å². The molecule has 0 aliphatic heterocycles. The summed E-state index contributed by atoms with van der Waals surface area (Å²) in [6.07, 6.45) is 1.75. The number of carbonyl (C=O) groups excluding carboxylic acids is 4. The first kappa shape index (κ1) is 31.7. The molecule has 0 fully saturated rings. The third-order valence-corrected chi connectivity index (χ3v) is 5.98. The van der Waals surface area contributed by atoms with Crippen LogP contribution in [0.3, 0.4) is 0 Å². The fourth-order valence-corrected chi connectivity index (χ4v) is 3.89. The molecule has 12 nitrogen and oxygen atoms in total. The normalized spacial score (nSPS) is 14.2. The van der Waals surface area contributed by atoms with E-state index in [9.17, 15) is 34.2 Å². The van der Waals surface area contributed by atoms with Crippen LogP contribution in [0.1, 0.15) is 38.7 Å². The fraction of sp³-hybridized carbons (Fsp3) is 0.542. The van der Waals surface area contributed by atoms with Gasteiger partial charge in [-0.1, -0.05) is 26.0 Å². The van der Waals surface area contributed by atoms with Crippen molar-refractivity contribution < 1.29 is 34.2 Å². The highest BCUT2D eigenvalue weighted by Crippen LogP contribution is 2.12. The van der Waals surface area contributed by atoms with E-state index in [1.165, 1.54) is 36.0 Å². The molecule has 1 rings (SSSR count). The van der Waals surface area contributed by atoms with Crippen molar-refractivity contribution >= 4 is 41.4 Å². The predicted molar refractivity (Wildman–Crippen MR) is 139 cm³/mol. The Morgan fingerprint density at radius 2 is 1.46 bits per heavy atom. The zero-order valence-corrected chi connectivity index (χ0v) is 22.0. The van der Waals surface area contributed by atoms with E-state index in [1.54, 1.807) is 6.26 Å². The molecule has 0 saturated carbocycles. The monoisotopic (exact) mass is 539 g/mol. The second-order valence-corrected chi connectivity index (χ2v) is 10.1. The predicted octanol–water partition coefficient (Wildman–Crippen LogP) is -0.524. The van der Waals surface area contributed by atoms with Gasteiger partial charge in [-0.2, -0.15) is 11.8 Å². The summed E-state index contributed by atoms with van der Waals surface area (Å²) < 4.78 is 0. The lowest BCUT2D eigenvalue weighted by molar-refractivity contribution is -0.142. The Labute approximate surface area is 220 Å². The Bertz CT molecular complexity index is 942. The minimum absolute atomic E-state index is 0.0160. The first-order chi connectivity index (χ1) is 17.3. The number of carboxylic acid groups (broad SMARTS) is 1. The van der Waals surface area contributed by atoms with Crippen molar-refractivity contribution in [2.75, 3.05) is 12.0 Å². The molecule has 1 aromatic rings. The van der Waals surface area contributed by atoms with Gasteiger partial charge in [-0.25, -0.2) is 4.79 Å². The molecular formula is C24H37N5O7S. The highest BCUT2D eigenvalue weighted by Gasteiger charge is 2.31. The van der Waals surface area contributed by atoms with Gasteiger partial charge in [0.25, 0.3) is 0 Å². The van der Waals surface area contributed by atoms with Crippen LogP contribution in [0.2, 0.25) is 0 Å². The van der Waals surface area contributed by atoms with Crippen LogP contribution in [0.15, 0.2) is 24.3 Å². The Morgan fingerprint density at radius 3 is 1.97 bits per heavy atom. The molecule has 4 amide bonds. The maximum Gasteiger partial charge on any atom is 0.326 e. The number of nitrogens with two attached hydrogens (primary N) is 2. The van der Waals surface area contributed by atoms with Gasteiger partial charge < -0.3 is 37.6 Å². The molecule has 1 aromatic carbocycles. The number of carboxylic acids is 1. The number of benzene rings is 1. The quantitative estimate of drug-likeness (QED) is 0.144. The molecule has 0 bridgehead atoms. The van der Waals surface area contributed by atoms with Crippen LogP contribution in [-0.2, 0) is 30.4 Å². The average molecular weight is 540 g/mol. The van der Waals surface area contributed by atoms with Crippen molar-refractivity contribution in [3.05, 3.63) is 29.8 Å². The molecule has 37 heavy (non-hydrogen) atoms. The number of nitrogens with one attached hydrogen (secondary N) is 3. The van der Waals surface area contributed by atoms with Gasteiger partial charge in [0.05, 0.1) is 12.5 Å². The summed E-state index contributed by atoms with van der Waals surface area (Å²) in [6.45, 7) is 3.75. The topological polar surface area (TPSA) is 214 Å². The highest BCUT2D eigenvalue weighted by molar-refractivity contribution is 7.98. The Balaban J connectivity index is 3.00. The molecule has 0 aromatic heterocycles. The number of phenolic OH excluding ortho intramolecular Hbond substituents is 1. The van der Waals surface area contributed by atoms with E-state index in [0.29, 0.717) is 17.7 Å². The maximum atomic E-state index is 13.0. The van der Waals surface area contributed by atoms with Gasteiger partial charge in [-0.15, -0.1) is 0 Å². The van der Waals surface area contributed by atoms with Crippen LogP contribution < -0.4 is 27.4 Å².